The first-order valence-electron chi connectivity index (χ1n) is 5.94. The van der Waals surface area contributed by atoms with Gasteiger partial charge in [0.25, 0.3) is 0 Å². The summed E-state index contributed by atoms with van der Waals surface area (Å²) in [6.45, 7) is 0. The molecular weight excluding hydrogens is 354 g/mol. The topological polar surface area (TPSA) is 75.0 Å². The van der Waals surface area contributed by atoms with Crippen molar-refractivity contribution in [3.05, 3.63) is 64.1 Å². The summed E-state index contributed by atoms with van der Waals surface area (Å²) in [5.74, 6) is -1.10. The molecule has 2 rings (SSSR count). The van der Waals surface area contributed by atoms with Crippen molar-refractivity contribution in [3.63, 3.8) is 0 Å². The summed E-state index contributed by atoms with van der Waals surface area (Å²) in [5, 5.41) is 8.69. The number of sulfone groups is 1. The standard InChI is InChI=1S/C15H10BrNO3S/c16-13-2-1-3-14(8-13)21(19,20)10-15(18)12-6-4-11(9-17)5-7-12/h1-8H,10H2. The Hall–Kier alpha value is -1.97. The molecule has 0 saturated carbocycles. The van der Waals surface area contributed by atoms with E-state index >= 15 is 0 Å². The molecule has 0 aliphatic carbocycles. The largest absolute Gasteiger partial charge is 0.293 e. The number of benzene rings is 2. The van der Waals surface area contributed by atoms with Crippen molar-refractivity contribution in [2.24, 2.45) is 0 Å². The molecule has 21 heavy (non-hydrogen) atoms. The quantitative estimate of drug-likeness (QED) is 0.782. The van der Waals surface area contributed by atoms with Gasteiger partial charge in [-0.05, 0) is 30.3 Å². The van der Waals surface area contributed by atoms with Crippen molar-refractivity contribution >= 4 is 31.6 Å². The number of nitriles is 1. The van der Waals surface area contributed by atoms with Crippen LogP contribution in [0.4, 0.5) is 0 Å². The molecule has 0 spiro atoms. The zero-order valence-electron chi connectivity index (χ0n) is 10.8. The van der Waals surface area contributed by atoms with E-state index in [2.05, 4.69) is 15.9 Å². The third-order valence-electron chi connectivity index (χ3n) is 2.81. The number of rotatable bonds is 4. The smallest absolute Gasteiger partial charge is 0.185 e. The maximum atomic E-state index is 12.2. The lowest BCUT2D eigenvalue weighted by Crippen LogP contribution is -2.16. The number of carbonyl (C=O) groups is 1. The van der Waals surface area contributed by atoms with E-state index in [4.69, 9.17) is 5.26 Å². The second-order valence-electron chi connectivity index (χ2n) is 4.33. The van der Waals surface area contributed by atoms with Crippen LogP contribution in [-0.2, 0) is 9.84 Å². The molecule has 2 aromatic rings. The van der Waals surface area contributed by atoms with E-state index in [0.717, 1.165) is 0 Å². The highest BCUT2D eigenvalue weighted by Crippen LogP contribution is 2.18. The number of hydrogen-bond donors (Lipinski definition) is 0. The Kier molecular flexibility index (Phi) is 4.56. The molecule has 0 saturated heterocycles. The Bertz CT molecular complexity index is 821. The van der Waals surface area contributed by atoms with Gasteiger partial charge < -0.3 is 0 Å². The molecular formula is C15H10BrNO3S. The predicted octanol–water partition coefficient (Wildman–Crippen LogP) is 2.98. The van der Waals surface area contributed by atoms with Crippen molar-refractivity contribution in [3.8, 4) is 6.07 Å². The number of Topliss-reactive ketones (excluding diaryl/α,β-unsaturated/α-hetero) is 1. The van der Waals surface area contributed by atoms with Crippen molar-refractivity contribution in [1.82, 2.24) is 0 Å². The highest BCUT2D eigenvalue weighted by Gasteiger charge is 2.20. The second kappa shape index (κ2) is 6.20. The van der Waals surface area contributed by atoms with Crippen LogP contribution < -0.4 is 0 Å². The highest BCUT2D eigenvalue weighted by atomic mass is 79.9. The lowest BCUT2D eigenvalue weighted by atomic mass is 10.1. The molecule has 0 N–H and O–H groups in total. The zero-order valence-corrected chi connectivity index (χ0v) is 13.2. The molecule has 0 aliphatic heterocycles. The number of ketones is 1. The van der Waals surface area contributed by atoms with Gasteiger partial charge in [0, 0.05) is 10.0 Å². The predicted molar refractivity (Wildman–Crippen MR) is 81.7 cm³/mol. The van der Waals surface area contributed by atoms with E-state index in [1.165, 1.54) is 36.4 Å². The van der Waals surface area contributed by atoms with Crippen molar-refractivity contribution in [1.29, 1.82) is 5.26 Å². The first-order chi connectivity index (χ1) is 9.92. The summed E-state index contributed by atoms with van der Waals surface area (Å²) in [6, 6.07) is 14.0. The minimum atomic E-state index is -3.69. The summed E-state index contributed by atoms with van der Waals surface area (Å²) in [5.41, 5.74) is 0.689. The molecule has 0 aliphatic rings. The van der Waals surface area contributed by atoms with Crippen molar-refractivity contribution in [2.75, 3.05) is 5.75 Å². The lowest BCUT2D eigenvalue weighted by Gasteiger charge is -2.05. The van der Waals surface area contributed by atoms with Crippen LogP contribution in [0.2, 0.25) is 0 Å². The van der Waals surface area contributed by atoms with Crippen LogP contribution in [0.15, 0.2) is 57.9 Å². The van der Waals surface area contributed by atoms with E-state index in [9.17, 15) is 13.2 Å². The molecule has 4 nitrogen and oxygen atoms in total. The Balaban J connectivity index is 2.24. The van der Waals surface area contributed by atoms with Crippen LogP contribution in [0, 0.1) is 11.3 Å². The normalized spacial score (nSPS) is 10.9. The SMILES string of the molecule is N#Cc1ccc(C(=O)CS(=O)(=O)c2cccc(Br)c2)cc1. The Morgan fingerprint density at radius 3 is 2.38 bits per heavy atom. The van der Waals surface area contributed by atoms with E-state index in [1.807, 2.05) is 6.07 Å². The van der Waals surface area contributed by atoms with Gasteiger partial charge in [0.15, 0.2) is 15.6 Å². The van der Waals surface area contributed by atoms with Gasteiger partial charge in [-0.1, -0.05) is 34.1 Å². The summed E-state index contributed by atoms with van der Waals surface area (Å²) in [7, 11) is -3.69. The zero-order chi connectivity index (χ0) is 15.5. The van der Waals surface area contributed by atoms with Gasteiger partial charge in [-0.15, -0.1) is 0 Å². The number of nitrogens with zero attached hydrogens (tertiary/aromatic N) is 1. The summed E-state index contributed by atoms with van der Waals surface area (Å²) >= 11 is 3.20. The first kappa shape index (κ1) is 15.4. The fourth-order valence-electron chi connectivity index (χ4n) is 1.73. The van der Waals surface area contributed by atoms with Crippen LogP contribution in [0.5, 0.6) is 0 Å². The third-order valence-corrected chi connectivity index (χ3v) is 4.92. The molecule has 2 aromatic carbocycles. The lowest BCUT2D eigenvalue weighted by molar-refractivity contribution is 0.102. The van der Waals surface area contributed by atoms with E-state index in [1.54, 1.807) is 12.1 Å². The summed E-state index contributed by atoms with van der Waals surface area (Å²) < 4.78 is 25.0. The minimum absolute atomic E-state index is 0.0962. The number of hydrogen-bond acceptors (Lipinski definition) is 4. The van der Waals surface area contributed by atoms with Crippen molar-refractivity contribution in [2.45, 2.75) is 4.90 Å². The van der Waals surface area contributed by atoms with Crippen LogP contribution >= 0.6 is 15.9 Å². The molecule has 0 atom stereocenters. The fourth-order valence-corrected chi connectivity index (χ4v) is 3.55. The van der Waals surface area contributed by atoms with Gasteiger partial charge in [-0.2, -0.15) is 5.26 Å². The fraction of sp³-hybridized carbons (Fsp3) is 0.0667. The molecule has 0 radical (unpaired) electrons. The average Bonchev–Trinajstić information content (AvgIpc) is 2.47. The average molecular weight is 364 g/mol. The molecule has 106 valence electrons. The molecule has 0 aromatic heterocycles. The van der Waals surface area contributed by atoms with Gasteiger partial charge in [0.1, 0.15) is 5.75 Å². The van der Waals surface area contributed by atoms with Crippen LogP contribution in [-0.4, -0.2) is 20.0 Å². The molecule has 6 heteroatoms. The Labute approximate surface area is 131 Å². The van der Waals surface area contributed by atoms with Crippen LogP contribution in [0.3, 0.4) is 0 Å². The van der Waals surface area contributed by atoms with E-state index in [-0.39, 0.29) is 10.5 Å². The molecule has 0 heterocycles. The maximum Gasteiger partial charge on any atom is 0.185 e. The van der Waals surface area contributed by atoms with Gasteiger partial charge in [0.05, 0.1) is 16.5 Å². The molecule has 0 amide bonds. The van der Waals surface area contributed by atoms with Crippen molar-refractivity contribution < 1.29 is 13.2 Å². The summed E-state index contributed by atoms with van der Waals surface area (Å²) in [4.78, 5) is 12.1. The molecule has 0 bridgehead atoms. The van der Waals surface area contributed by atoms with E-state index in [0.29, 0.717) is 10.0 Å². The molecule has 0 unspecified atom stereocenters. The number of carbonyl (C=O) groups excluding carboxylic acids is 1. The minimum Gasteiger partial charge on any atom is -0.293 e. The molecule has 0 fully saturated rings. The van der Waals surface area contributed by atoms with Gasteiger partial charge in [-0.3, -0.25) is 4.79 Å². The monoisotopic (exact) mass is 363 g/mol. The number of halogens is 1. The maximum absolute atomic E-state index is 12.2. The van der Waals surface area contributed by atoms with Crippen LogP contribution in [0.1, 0.15) is 15.9 Å². The highest BCUT2D eigenvalue weighted by molar-refractivity contribution is 9.10. The first-order valence-corrected chi connectivity index (χ1v) is 8.38. The van der Waals surface area contributed by atoms with E-state index < -0.39 is 21.4 Å². The van der Waals surface area contributed by atoms with Crippen LogP contribution in [0.25, 0.3) is 0 Å². The summed E-state index contributed by atoms with van der Waals surface area (Å²) in [6.07, 6.45) is 0. The second-order valence-corrected chi connectivity index (χ2v) is 7.23. The van der Waals surface area contributed by atoms with Gasteiger partial charge >= 0.3 is 0 Å². The van der Waals surface area contributed by atoms with Gasteiger partial charge in [0.2, 0.25) is 0 Å². The van der Waals surface area contributed by atoms with Gasteiger partial charge in [-0.25, -0.2) is 8.42 Å². The third kappa shape index (κ3) is 3.78. The Morgan fingerprint density at radius 1 is 1.14 bits per heavy atom. The Morgan fingerprint density at radius 2 is 1.81 bits per heavy atom.